The Bertz CT molecular complexity index is 1130. The largest absolute Gasteiger partial charge is 0.464 e. The molecule has 0 aliphatic carbocycles. The first-order chi connectivity index (χ1) is 14.2. The highest BCUT2D eigenvalue weighted by Crippen LogP contribution is 2.36. The van der Waals surface area contributed by atoms with E-state index >= 15 is 0 Å². The number of nitrogens with zero attached hydrogens (tertiary/aromatic N) is 2. The molecule has 0 N–H and O–H groups in total. The van der Waals surface area contributed by atoms with Crippen LogP contribution in [0.15, 0.2) is 29.1 Å². The van der Waals surface area contributed by atoms with E-state index in [9.17, 15) is 9.59 Å². The van der Waals surface area contributed by atoms with E-state index in [0.29, 0.717) is 29.1 Å². The molecule has 0 radical (unpaired) electrons. The Balaban J connectivity index is 2.34. The minimum Gasteiger partial charge on any atom is -0.464 e. The van der Waals surface area contributed by atoms with E-state index in [-0.39, 0.29) is 12.2 Å². The van der Waals surface area contributed by atoms with Crippen LogP contribution in [0.5, 0.6) is 0 Å². The van der Waals surface area contributed by atoms with Crippen LogP contribution < -0.4 is 5.56 Å². The molecule has 160 valence electrons. The zero-order valence-electron chi connectivity index (χ0n) is 18.4. The van der Waals surface area contributed by atoms with Gasteiger partial charge in [0.25, 0.3) is 5.56 Å². The Morgan fingerprint density at radius 3 is 2.47 bits per heavy atom. The predicted molar refractivity (Wildman–Crippen MR) is 120 cm³/mol. The fraction of sp³-hybridized carbons (Fsp3) is 0.435. The molecule has 0 fully saturated rings. The van der Waals surface area contributed by atoms with E-state index < -0.39 is 11.5 Å². The number of aromatic nitrogens is 2. The van der Waals surface area contributed by atoms with Gasteiger partial charge in [0.2, 0.25) is 0 Å². The first kappa shape index (κ1) is 22.2. The van der Waals surface area contributed by atoms with Crippen molar-refractivity contribution in [2.75, 3.05) is 20.3 Å². The molecule has 0 bridgehead atoms. The number of fused-ring (bicyclic) bond motifs is 1. The lowest BCUT2D eigenvalue weighted by Crippen LogP contribution is -2.46. The average molecular weight is 429 g/mol. The van der Waals surface area contributed by atoms with Crippen molar-refractivity contribution in [1.82, 2.24) is 9.55 Å². The molecule has 6 nitrogen and oxygen atoms in total. The van der Waals surface area contributed by atoms with Crippen molar-refractivity contribution in [3.63, 3.8) is 0 Å². The molecule has 2 heterocycles. The number of methoxy groups -OCH3 is 1. The van der Waals surface area contributed by atoms with Gasteiger partial charge < -0.3 is 9.47 Å². The van der Waals surface area contributed by atoms with Crippen LogP contribution >= 0.6 is 11.3 Å². The summed E-state index contributed by atoms with van der Waals surface area (Å²) >= 11 is 1.50. The number of esters is 1. The lowest BCUT2D eigenvalue weighted by molar-refractivity contribution is -0.152. The van der Waals surface area contributed by atoms with Gasteiger partial charge in [-0.15, -0.1) is 11.3 Å². The fourth-order valence-electron chi connectivity index (χ4n) is 3.61. The summed E-state index contributed by atoms with van der Waals surface area (Å²) in [6.07, 6.45) is 0.418. The van der Waals surface area contributed by atoms with Crippen molar-refractivity contribution >= 4 is 27.5 Å². The molecule has 0 aliphatic rings. The van der Waals surface area contributed by atoms with Crippen LogP contribution in [0.3, 0.4) is 0 Å². The molecule has 0 unspecified atom stereocenters. The normalized spacial score (nSPS) is 11.8. The molecule has 0 spiro atoms. The summed E-state index contributed by atoms with van der Waals surface area (Å²) in [7, 11) is 1.60. The molecule has 0 amide bonds. The minimum atomic E-state index is -1.20. The number of rotatable bonds is 7. The number of benzene rings is 1. The third-order valence-electron chi connectivity index (χ3n) is 5.18. The summed E-state index contributed by atoms with van der Waals surface area (Å²) in [4.78, 5) is 33.1. The number of carbonyl (C=O) groups excluding carboxylic acids is 1. The van der Waals surface area contributed by atoms with Crippen LogP contribution in [0.4, 0.5) is 0 Å². The van der Waals surface area contributed by atoms with Gasteiger partial charge in [0.1, 0.15) is 16.2 Å². The topological polar surface area (TPSA) is 70.4 Å². The highest BCUT2D eigenvalue weighted by Gasteiger charge is 2.36. The lowest BCUT2D eigenvalue weighted by Gasteiger charge is -2.27. The van der Waals surface area contributed by atoms with Gasteiger partial charge in [0, 0.05) is 24.0 Å². The molecule has 0 atom stereocenters. The molecule has 0 saturated carbocycles. The van der Waals surface area contributed by atoms with Crippen LogP contribution in [0.2, 0.25) is 0 Å². The van der Waals surface area contributed by atoms with E-state index in [1.807, 2.05) is 38.1 Å². The Hall–Kier alpha value is -2.51. The average Bonchev–Trinajstić information content (AvgIpc) is 3.03. The van der Waals surface area contributed by atoms with E-state index in [0.717, 1.165) is 21.6 Å². The Kier molecular flexibility index (Phi) is 6.43. The van der Waals surface area contributed by atoms with E-state index in [4.69, 9.17) is 14.5 Å². The number of hydrogen-bond donors (Lipinski definition) is 0. The van der Waals surface area contributed by atoms with Crippen molar-refractivity contribution in [2.45, 2.75) is 46.6 Å². The molecule has 7 heteroatoms. The van der Waals surface area contributed by atoms with Gasteiger partial charge in [-0.25, -0.2) is 9.78 Å². The summed E-state index contributed by atoms with van der Waals surface area (Å²) in [6, 6.07) is 8.09. The first-order valence-corrected chi connectivity index (χ1v) is 10.8. The van der Waals surface area contributed by atoms with Gasteiger partial charge >= 0.3 is 5.97 Å². The van der Waals surface area contributed by atoms with E-state index in [1.165, 1.54) is 15.9 Å². The Labute approximate surface area is 180 Å². The van der Waals surface area contributed by atoms with Crippen molar-refractivity contribution in [2.24, 2.45) is 0 Å². The maximum absolute atomic E-state index is 13.8. The minimum absolute atomic E-state index is 0.232. The molecule has 2 aromatic heterocycles. The molecule has 1 aromatic carbocycles. The summed E-state index contributed by atoms with van der Waals surface area (Å²) in [5.74, 6) is 0.0554. The van der Waals surface area contributed by atoms with Gasteiger partial charge in [-0.05, 0) is 40.2 Å². The summed E-state index contributed by atoms with van der Waals surface area (Å²) in [5.41, 5.74) is 1.56. The van der Waals surface area contributed by atoms with Gasteiger partial charge in [0.05, 0.1) is 18.6 Å². The Morgan fingerprint density at radius 1 is 1.20 bits per heavy atom. The number of thiophene rings is 1. The summed E-state index contributed by atoms with van der Waals surface area (Å²) in [5, 5.41) is 0.542. The second kappa shape index (κ2) is 8.70. The molecule has 0 saturated heterocycles. The molecule has 0 aliphatic heterocycles. The third kappa shape index (κ3) is 3.91. The van der Waals surface area contributed by atoms with Gasteiger partial charge in [-0.3, -0.25) is 9.36 Å². The van der Waals surface area contributed by atoms with Crippen LogP contribution in [0, 0.1) is 13.8 Å². The van der Waals surface area contributed by atoms with Crippen molar-refractivity contribution in [3.05, 3.63) is 50.9 Å². The van der Waals surface area contributed by atoms with E-state index in [1.54, 1.807) is 27.9 Å². The quantitative estimate of drug-likeness (QED) is 0.527. The summed E-state index contributed by atoms with van der Waals surface area (Å²) in [6.45, 7) is 9.81. The van der Waals surface area contributed by atoms with Crippen LogP contribution in [-0.2, 0) is 26.2 Å². The maximum atomic E-state index is 13.8. The number of aryl methyl sites for hydroxylation is 2. The van der Waals surface area contributed by atoms with E-state index in [2.05, 4.69) is 0 Å². The second-order valence-corrected chi connectivity index (χ2v) is 8.97. The molecule has 3 rings (SSSR count). The zero-order valence-corrected chi connectivity index (χ0v) is 19.2. The molecule has 30 heavy (non-hydrogen) atoms. The van der Waals surface area contributed by atoms with Gasteiger partial charge in [-0.2, -0.15) is 0 Å². The smallest absolute Gasteiger partial charge is 0.331 e. The van der Waals surface area contributed by atoms with Crippen molar-refractivity contribution in [1.29, 1.82) is 0 Å². The van der Waals surface area contributed by atoms with Gasteiger partial charge in [-0.1, -0.05) is 29.8 Å². The highest BCUT2D eigenvalue weighted by molar-refractivity contribution is 7.19. The fourth-order valence-corrected chi connectivity index (χ4v) is 4.66. The highest BCUT2D eigenvalue weighted by atomic mass is 32.1. The summed E-state index contributed by atoms with van der Waals surface area (Å²) < 4.78 is 12.0. The second-order valence-electron chi connectivity index (χ2n) is 7.77. The first-order valence-electron chi connectivity index (χ1n) is 10.0. The molecular weight excluding hydrogens is 400 g/mol. The van der Waals surface area contributed by atoms with Crippen molar-refractivity contribution < 1.29 is 14.3 Å². The monoisotopic (exact) mass is 428 g/mol. The lowest BCUT2D eigenvalue weighted by atomic mass is 10.0. The number of ether oxygens (including phenoxy) is 2. The number of carbonyl (C=O) groups is 1. The third-order valence-corrected chi connectivity index (χ3v) is 6.17. The van der Waals surface area contributed by atoms with Gasteiger partial charge in [0.15, 0.2) is 0 Å². The SMILES string of the molecule is CCOC(=O)C(C)(C)n1c(CCOC)nc2sc(C)c(-c3ccc(C)cc3)c2c1=O. The van der Waals surface area contributed by atoms with Crippen molar-refractivity contribution in [3.8, 4) is 11.1 Å². The molecular formula is C23H28N2O4S. The van der Waals surface area contributed by atoms with Crippen LogP contribution in [-0.4, -0.2) is 35.8 Å². The predicted octanol–water partition coefficient (Wildman–Crippen LogP) is 4.23. The number of hydrogen-bond acceptors (Lipinski definition) is 6. The zero-order chi connectivity index (χ0) is 22.1. The standard InChI is InChI=1S/C23H28N2O4S/c1-7-29-22(27)23(4,5)25-17(12-13-28-6)24-20-19(21(25)26)18(15(3)30-20)16-10-8-14(2)9-11-16/h8-11H,7,12-13H2,1-6H3. The Morgan fingerprint density at radius 2 is 1.87 bits per heavy atom. The van der Waals surface area contributed by atoms with Crippen LogP contribution in [0.25, 0.3) is 21.3 Å². The maximum Gasteiger partial charge on any atom is 0.331 e. The molecule has 3 aromatic rings. The van der Waals surface area contributed by atoms with Crippen LogP contribution in [0.1, 0.15) is 37.0 Å².